The molecule has 0 aliphatic carbocycles. The van der Waals surface area contributed by atoms with Crippen LogP contribution < -0.4 is 5.32 Å². The van der Waals surface area contributed by atoms with Crippen molar-refractivity contribution in [3.63, 3.8) is 0 Å². The van der Waals surface area contributed by atoms with Gasteiger partial charge < -0.3 is 9.88 Å². The fourth-order valence-electron chi connectivity index (χ4n) is 2.38. The van der Waals surface area contributed by atoms with Crippen molar-refractivity contribution in [2.75, 3.05) is 6.54 Å². The number of para-hydroxylation sites is 2. The molecule has 0 saturated carbocycles. The zero-order chi connectivity index (χ0) is 15.4. The SMILES string of the molecule is O=C(NCCCn1cnc2ccccc21)c1ccccc1Cl. The molecule has 3 aromatic rings. The molecule has 0 spiro atoms. The van der Waals surface area contributed by atoms with Crippen LogP contribution in [-0.4, -0.2) is 22.0 Å². The van der Waals surface area contributed by atoms with E-state index in [-0.39, 0.29) is 5.91 Å². The third-order valence-electron chi connectivity index (χ3n) is 3.51. The van der Waals surface area contributed by atoms with E-state index in [4.69, 9.17) is 11.6 Å². The number of nitrogens with zero attached hydrogens (tertiary/aromatic N) is 2. The Morgan fingerprint density at radius 3 is 2.77 bits per heavy atom. The summed E-state index contributed by atoms with van der Waals surface area (Å²) in [6.07, 6.45) is 2.66. The predicted octanol–water partition coefficient (Wildman–Crippen LogP) is 3.51. The summed E-state index contributed by atoms with van der Waals surface area (Å²) in [4.78, 5) is 16.4. The fourth-order valence-corrected chi connectivity index (χ4v) is 2.60. The first kappa shape index (κ1) is 14.6. The van der Waals surface area contributed by atoms with Gasteiger partial charge in [-0.05, 0) is 30.7 Å². The van der Waals surface area contributed by atoms with Crippen LogP contribution in [0.5, 0.6) is 0 Å². The molecule has 1 heterocycles. The first-order chi connectivity index (χ1) is 10.8. The summed E-state index contributed by atoms with van der Waals surface area (Å²) in [7, 11) is 0. The highest BCUT2D eigenvalue weighted by Gasteiger charge is 2.08. The number of carbonyl (C=O) groups excluding carboxylic acids is 1. The van der Waals surface area contributed by atoms with Gasteiger partial charge in [-0.1, -0.05) is 35.9 Å². The molecule has 3 rings (SSSR count). The van der Waals surface area contributed by atoms with Crippen LogP contribution in [0.1, 0.15) is 16.8 Å². The van der Waals surface area contributed by atoms with Crippen LogP contribution in [0, 0.1) is 0 Å². The number of carbonyl (C=O) groups is 1. The monoisotopic (exact) mass is 313 g/mol. The molecule has 0 radical (unpaired) electrons. The Kier molecular flexibility index (Phi) is 4.39. The molecule has 5 heteroatoms. The topological polar surface area (TPSA) is 46.9 Å². The Labute approximate surface area is 133 Å². The lowest BCUT2D eigenvalue weighted by atomic mass is 10.2. The maximum atomic E-state index is 12.0. The number of aromatic nitrogens is 2. The van der Waals surface area contributed by atoms with E-state index < -0.39 is 0 Å². The molecule has 0 saturated heterocycles. The van der Waals surface area contributed by atoms with E-state index in [0.717, 1.165) is 24.0 Å². The van der Waals surface area contributed by atoms with Gasteiger partial charge >= 0.3 is 0 Å². The highest BCUT2D eigenvalue weighted by Crippen LogP contribution is 2.14. The lowest BCUT2D eigenvalue weighted by Gasteiger charge is -2.07. The molecule has 1 amide bonds. The average molecular weight is 314 g/mol. The molecule has 1 N–H and O–H groups in total. The van der Waals surface area contributed by atoms with E-state index in [1.54, 1.807) is 18.2 Å². The van der Waals surface area contributed by atoms with E-state index in [0.29, 0.717) is 17.1 Å². The summed E-state index contributed by atoms with van der Waals surface area (Å²) in [5.41, 5.74) is 2.61. The van der Waals surface area contributed by atoms with E-state index >= 15 is 0 Å². The number of hydrogen-bond donors (Lipinski definition) is 1. The van der Waals surface area contributed by atoms with Crippen LogP contribution in [0.2, 0.25) is 5.02 Å². The standard InChI is InChI=1S/C17H16ClN3O/c18-14-7-2-1-6-13(14)17(22)19-10-5-11-21-12-20-15-8-3-4-9-16(15)21/h1-4,6-9,12H,5,10-11H2,(H,19,22). The first-order valence-electron chi connectivity index (χ1n) is 7.18. The second-order valence-corrected chi connectivity index (χ2v) is 5.42. The minimum Gasteiger partial charge on any atom is -0.352 e. The number of fused-ring (bicyclic) bond motifs is 1. The van der Waals surface area contributed by atoms with E-state index in [1.807, 2.05) is 36.7 Å². The highest BCUT2D eigenvalue weighted by molar-refractivity contribution is 6.33. The third kappa shape index (κ3) is 3.12. The third-order valence-corrected chi connectivity index (χ3v) is 3.84. The largest absolute Gasteiger partial charge is 0.352 e. The van der Waals surface area contributed by atoms with Gasteiger partial charge in [0.15, 0.2) is 0 Å². The van der Waals surface area contributed by atoms with Crippen molar-refractivity contribution in [3.05, 3.63) is 65.4 Å². The second-order valence-electron chi connectivity index (χ2n) is 5.02. The molecule has 4 nitrogen and oxygen atoms in total. The minimum atomic E-state index is -0.138. The predicted molar refractivity (Wildman–Crippen MR) is 88.1 cm³/mol. The molecule has 0 bridgehead atoms. The van der Waals surface area contributed by atoms with Gasteiger partial charge in [0.05, 0.1) is 27.9 Å². The zero-order valence-corrected chi connectivity index (χ0v) is 12.8. The van der Waals surface area contributed by atoms with Crippen molar-refractivity contribution in [2.45, 2.75) is 13.0 Å². The van der Waals surface area contributed by atoms with Gasteiger partial charge in [0.1, 0.15) is 0 Å². The summed E-state index contributed by atoms with van der Waals surface area (Å²) in [6.45, 7) is 1.40. The molecule has 0 aliphatic heterocycles. The maximum Gasteiger partial charge on any atom is 0.252 e. The summed E-state index contributed by atoms with van der Waals surface area (Å²) in [6, 6.07) is 15.1. The van der Waals surface area contributed by atoms with Gasteiger partial charge in [0.25, 0.3) is 5.91 Å². The number of aryl methyl sites for hydroxylation is 1. The van der Waals surface area contributed by atoms with Gasteiger partial charge in [0.2, 0.25) is 0 Å². The Morgan fingerprint density at radius 1 is 1.14 bits per heavy atom. The van der Waals surface area contributed by atoms with Crippen molar-refractivity contribution in [1.82, 2.24) is 14.9 Å². The Bertz CT molecular complexity index is 797. The van der Waals surface area contributed by atoms with Crippen molar-refractivity contribution in [2.24, 2.45) is 0 Å². The van der Waals surface area contributed by atoms with Crippen LogP contribution >= 0.6 is 11.6 Å². The van der Waals surface area contributed by atoms with Gasteiger partial charge in [-0.25, -0.2) is 4.98 Å². The summed E-state index contributed by atoms with van der Waals surface area (Å²) < 4.78 is 2.09. The molecular weight excluding hydrogens is 298 g/mol. The second kappa shape index (κ2) is 6.62. The molecule has 0 fully saturated rings. The number of hydrogen-bond acceptors (Lipinski definition) is 2. The quantitative estimate of drug-likeness (QED) is 0.733. The lowest BCUT2D eigenvalue weighted by molar-refractivity contribution is 0.0953. The van der Waals surface area contributed by atoms with Crippen molar-refractivity contribution in [3.8, 4) is 0 Å². The molecule has 0 atom stereocenters. The van der Waals surface area contributed by atoms with Gasteiger partial charge in [0, 0.05) is 13.1 Å². The minimum absolute atomic E-state index is 0.138. The van der Waals surface area contributed by atoms with Crippen LogP contribution in [0.4, 0.5) is 0 Å². The van der Waals surface area contributed by atoms with Gasteiger partial charge in [-0.2, -0.15) is 0 Å². The number of nitrogens with one attached hydrogen (secondary N) is 1. The molecule has 2 aromatic carbocycles. The van der Waals surface area contributed by atoms with Crippen LogP contribution in [0.3, 0.4) is 0 Å². The number of halogens is 1. The molecular formula is C17H16ClN3O. The summed E-state index contributed by atoms with van der Waals surface area (Å²) >= 11 is 6.01. The van der Waals surface area contributed by atoms with E-state index in [2.05, 4.69) is 14.9 Å². The number of imidazole rings is 1. The van der Waals surface area contributed by atoms with Crippen LogP contribution in [0.25, 0.3) is 11.0 Å². The molecule has 112 valence electrons. The van der Waals surface area contributed by atoms with E-state index in [1.165, 1.54) is 0 Å². The zero-order valence-electron chi connectivity index (χ0n) is 12.0. The summed E-state index contributed by atoms with van der Waals surface area (Å²) in [5.74, 6) is -0.138. The first-order valence-corrected chi connectivity index (χ1v) is 7.56. The fraction of sp³-hybridized carbons (Fsp3) is 0.176. The van der Waals surface area contributed by atoms with Crippen LogP contribution in [-0.2, 0) is 6.54 Å². The van der Waals surface area contributed by atoms with Crippen molar-refractivity contribution >= 4 is 28.5 Å². The van der Waals surface area contributed by atoms with Gasteiger partial charge in [-0.3, -0.25) is 4.79 Å². The Morgan fingerprint density at radius 2 is 1.91 bits per heavy atom. The van der Waals surface area contributed by atoms with Crippen molar-refractivity contribution < 1.29 is 4.79 Å². The van der Waals surface area contributed by atoms with Crippen molar-refractivity contribution in [1.29, 1.82) is 0 Å². The van der Waals surface area contributed by atoms with Gasteiger partial charge in [-0.15, -0.1) is 0 Å². The lowest BCUT2D eigenvalue weighted by Crippen LogP contribution is -2.25. The van der Waals surface area contributed by atoms with E-state index in [9.17, 15) is 4.79 Å². The molecule has 1 aromatic heterocycles. The highest BCUT2D eigenvalue weighted by atomic mass is 35.5. The summed E-state index contributed by atoms with van der Waals surface area (Å²) in [5, 5.41) is 3.37. The molecule has 0 unspecified atom stereocenters. The smallest absolute Gasteiger partial charge is 0.252 e. The normalized spacial score (nSPS) is 10.8. The Balaban J connectivity index is 1.54. The Hall–Kier alpha value is -2.33. The average Bonchev–Trinajstić information content (AvgIpc) is 2.95. The molecule has 0 aliphatic rings. The van der Waals surface area contributed by atoms with Crippen LogP contribution in [0.15, 0.2) is 54.9 Å². The maximum absolute atomic E-state index is 12.0. The number of benzene rings is 2. The number of amides is 1. The molecule has 22 heavy (non-hydrogen) atoms. The number of rotatable bonds is 5.